The second kappa shape index (κ2) is 4.88. The van der Waals surface area contributed by atoms with Crippen LogP contribution in [-0.2, 0) is 0 Å². The fraction of sp³-hybridized carbons (Fsp3) is 0.357. The first-order valence-electron chi connectivity index (χ1n) is 6.17. The van der Waals surface area contributed by atoms with E-state index >= 15 is 0 Å². The van der Waals surface area contributed by atoms with Crippen LogP contribution in [0.5, 0.6) is 0 Å². The van der Waals surface area contributed by atoms with Gasteiger partial charge in [-0.25, -0.2) is 4.98 Å². The molecule has 0 bridgehead atoms. The first-order chi connectivity index (χ1) is 8.43. The Hall–Kier alpha value is -1.35. The summed E-state index contributed by atoms with van der Waals surface area (Å²) in [6.07, 6.45) is 9.33. The molecular formula is C14H16N2S. The second-order valence-corrected chi connectivity index (χ2v) is 5.37. The highest BCUT2D eigenvalue weighted by Gasteiger charge is 2.05. The zero-order valence-electron chi connectivity index (χ0n) is 9.78. The number of hydrogen-bond donors (Lipinski definition) is 1. The summed E-state index contributed by atoms with van der Waals surface area (Å²) in [5, 5.41) is 6.83. The molecule has 0 aromatic carbocycles. The third-order valence-electron chi connectivity index (χ3n) is 3.25. The Morgan fingerprint density at radius 2 is 2.35 bits per heavy atom. The molecule has 2 heterocycles. The maximum Gasteiger partial charge on any atom is 0.134 e. The molecule has 1 N–H and O–H groups in total. The third-order valence-corrected chi connectivity index (χ3v) is 4.14. The van der Waals surface area contributed by atoms with E-state index in [0.29, 0.717) is 0 Å². The number of hydrogen-bond acceptors (Lipinski definition) is 3. The number of allylic oxidation sites excluding steroid dienone is 1. The molecule has 0 aliphatic heterocycles. The molecule has 1 aliphatic carbocycles. The highest BCUT2D eigenvalue weighted by atomic mass is 32.1. The quantitative estimate of drug-likeness (QED) is 0.815. The molecule has 2 aromatic rings. The van der Waals surface area contributed by atoms with Gasteiger partial charge in [0.05, 0.1) is 0 Å². The first-order valence-corrected chi connectivity index (χ1v) is 7.05. The fourth-order valence-electron chi connectivity index (χ4n) is 2.34. The number of thiophene rings is 1. The molecule has 0 amide bonds. The van der Waals surface area contributed by atoms with Crippen molar-refractivity contribution in [1.82, 2.24) is 4.98 Å². The van der Waals surface area contributed by atoms with Gasteiger partial charge < -0.3 is 5.32 Å². The van der Waals surface area contributed by atoms with Crippen LogP contribution in [0.1, 0.15) is 25.7 Å². The van der Waals surface area contributed by atoms with Crippen molar-refractivity contribution < 1.29 is 0 Å². The second-order valence-electron chi connectivity index (χ2n) is 4.42. The number of pyridine rings is 1. The topological polar surface area (TPSA) is 24.9 Å². The van der Waals surface area contributed by atoms with Crippen LogP contribution < -0.4 is 5.32 Å². The summed E-state index contributed by atoms with van der Waals surface area (Å²) in [6, 6.07) is 4.22. The van der Waals surface area contributed by atoms with E-state index in [4.69, 9.17) is 0 Å². The number of anilines is 1. The van der Waals surface area contributed by atoms with Crippen LogP contribution in [0.15, 0.2) is 35.4 Å². The first kappa shape index (κ1) is 10.8. The van der Waals surface area contributed by atoms with E-state index in [1.165, 1.54) is 29.3 Å². The summed E-state index contributed by atoms with van der Waals surface area (Å²) in [4.78, 5) is 4.42. The highest BCUT2D eigenvalue weighted by molar-refractivity contribution is 7.17. The average Bonchev–Trinajstić information content (AvgIpc) is 2.99. The molecule has 2 nitrogen and oxygen atoms in total. The van der Waals surface area contributed by atoms with Crippen molar-refractivity contribution >= 4 is 27.2 Å². The summed E-state index contributed by atoms with van der Waals surface area (Å²) in [5.41, 5.74) is 1.61. The summed E-state index contributed by atoms with van der Waals surface area (Å²) in [5.74, 6) is 1.03. The van der Waals surface area contributed by atoms with Gasteiger partial charge in [0.15, 0.2) is 0 Å². The monoisotopic (exact) mass is 244 g/mol. The summed E-state index contributed by atoms with van der Waals surface area (Å²) >= 11 is 1.77. The van der Waals surface area contributed by atoms with Crippen LogP contribution in [0.2, 0.25) is 0 Å². The molecule has 3 rings (SSSR count). The molecule has 88 valence electrons. The van der Waals surface area contributed by atoms with Crippen molar-refractivity contribution in [3.05, 3.63) is 35.4 Å². The molecule has 0 saturated heterocycles. The van der Waals surface area contributed by atoms with Gasteiger partial charge in [-0.1, -0.05) is 11.6 Å². The molecule has 0 radical (unpaired) electrons. The molecule has 0 atom stereocenters. The van der Waals surface area contributed by atoms with Gasteiger partial charge in [0, 0.05) is 22.8 Å². The smallest absolute Gasteiger partial charge is 0.134 e. The Morgan fingerprint density at radius 1 is 1.35 bits per heavy atom. The van der Waals surface area contributed by atoms with Crippen LogP contribution in [0, 0.1) is 0 Å². The molecule has 2 aromatic heterocycles. The fourth-order valence-corrected chi connectivity index (χ4v) is 3.12. The van der Waals surface area contributed by atoms with Crippen molar-refractivity contribution in [3.8, 4) is 0 Å². The number of fused-ring (bicyclic) bond motifs is 1. The van der Waals surface area contributed by atoms with E-state index in [2.05, 4.69) is 33.9 Å². The predicted octanol–water partition coefficient (Wildman–Crippen LogP) is 4.21. The maximum atomic E-state index is 4.42. The maximum absolute atomic E-state index is 4.42. The van der Waals surface area contributed by atoms with Crippen molar-refractivity contribution in [2.75, 3.05) is 11.9 Å². The Bertz CT molecular complexity index is 542. The van der Waals surface area contributed by atoms with E-state index in [1.807, 2.05) is 6.20 Å². The van der Waals surface area contributed by atoms with Gasteiger partial charge in [-0.2, -0.15) is 0 Å². The standard InChI is InChI=1S/C14H16N2S/c1-2-4-11(3-1)5-8-15-14-12-7-10-17-13(12)6-9-16-14/h3,6-7,9-10H,1-2,4-5,8H2,(H,15,16). The lowest BCUT2D eigenvalue weighted by Crippen LogP contribution is -2.03. The van der Waals surface area contributed by atoms with Crippen LogP contribution in [0.4, 0.5) is 5.82 Å². The van der Waals surface area contributed by atoms with E-state index in [0.717, 1.165) is 18.8 Å². The van der Waals surface area contributed by atoms with Crippen LogP contribution in [0.25, 0.3) is 10.1 Å². The van der Waals surface area contributed by atoms with Gasteiger partial charge in [-0.15, -0.1) is 11.3 Å². The number of nitrogens with one attached hydrogen (secondary N) is 1. The third kappa shape index (κ3) is 2.34. The molecule has 0 fully saturated rings. The van der Waals surface area contributed by atoms with Crippen molar-refractivity contribution in [2.24, 2.45) is 0 Å². The van der Waals surface area contributed by atoms with Crippen LogP contribution >= 0.6 is 11.3 Å². The Labute approximate surface area is 105 Å². The number of rotatable bonds is 4. The molecule has 3 heteroatoms. The molecule has 0 spiro atoms. The lowest BCUT2D eigenvalue weighted by molar-refractivity contribution is 0.862. The normalized spacial score (nSPS) is 15.2. The average molecular weight is 244 g/mol. The van der Waals surface area contributed by atoms with Gasteiger partial charge in [0.25, 0.3) is 0 Å². The van der Waals surface area contributed by atoms with E-state index in [-0.39, 0.29) is 0 Å². The highest BCUT2D eigenvalue weighted by Crippen LogP contribution is 2.26. The molecule has 0 unspecified atom stereocenters. The summed E-state index contributed by atoms with van der Waals surface area (Å²) < 4.78 is 1.31. The van der Waals surface area contributed by atoms with Gasteiger partial charge in [0.1, 0.15) is 5.82 Å². The molecule has 0 saturated carbocycles. The summed E-state index contributed by atoms with van der Waals surface area (Å²) in [6.45, 7) is 0.994. The lowest BCUT2D eigenvalue weighted by atomic mass is 10.2. The largest absolute Gasteiger partial charge is 0.369 e. The molecular weight excluding hydrogens is 228 g/mol. The molecule has 1 aliphatic rings. The van der Waals surface area contributed by atoms with Gasteiger partial charge in [0.2, 0.25) is 0 Å². The van der Waals surface area contributed by atoms with Crippen molar-refractivity contribution in [1.29, 1.82) is 0 Å². The van der Waals surface area contributed by atoms with Gasteiger partial charge in [-0.05, 0) is 43.2 Å². The van der Waals surface area contributed by atoms with Crippen molar-refractivity contribution in [3.63, 3.8) is 0 Å². The van der Waals surface area contributed by atoms with Gasteiger partial charge in [-0.3, -0.25) is 0 Å². The minimum Gasteiger partial charge on any atom is -0.369 e. The minimum atomic E-state index is 0.994. The Morgan fingerprint density at radius 3 is 3.24 bits per heavy atom. The lowest BCUT2D eigenvalue weighted by Gasteiger charge is -2.07. The van der Waals surface area contributed by atoms with Crippen LogP contribution in [0.3, 0.4) is 0 Å². The van der Waals surface area contributed by atoms with E-state index in [1.54, 1.807) is 16.9 Å². The van der Waals surface area contributed by atoms with Crippen molar-refractivity contribution in [2.45, 2.75) is 25.7 Å². The van der Waals surface area contributed by atoms with Crippen LogP contribution in [-0.4, -0.2) is 11.5 Å². The summed E-state index contributed by atoms with van der Waals surface area (Å²) in [7, 11) is 0. The molecule has 17 heavy (non-hydrogen) atoms. The van der Waals surface area contributed by atoms with E-state index in [9.17, 15) is 0 Å². The number of nitrogens with zero attached hydrogens (tertiary/aromatic N) is 1. The minimum absolute atomic E-state index is 0.994. The Kier molecular flexibility index (Phi) is 3.10. The van der Waals surface area contributed by atoms with Gasteiger partial charge >= 0.3 is 0 Å². The number of aromatic nitrogens is 1. The zero-order chi connectivity index (χ0) is 11.5. The zero-order valence-corrected chi connectivity index (χ0v) is 10.6. The predicted molar refractivity (Wildman–Crippen MR) is 74.7 cm³/mol. The SMILES string of the molecule is C1=C(CCNc2nccc3sccc23)CCC1. The Balaban J connectivity index is 1.66. The van der Waals surface area contributed by atoms with E-state index < -0.39 is 0 Å².